The van der Waals surface area contributed by atoms with Crippen LogP contribution in [0.3, 0.4) is 0 Å². The minimum atomic E-state index is -1.13. The van der Waals surface area contributed by atoms with E-state index in [0.29, 0.717) is 19.4 Å². The number of carbonyl (C=O) groups excluding carboxylic acids is 3. The van der Waals surface area contributed by atoms with Crippen molar-refractivity contribution in [3.63, 3.8) is 0 Å². The summed E-state index contributed by atoms with van der Waals surface area (Å²) in [5.74, 6) is -2.47. The second-order valence-electron chi connectivity index (χ2n) is 10.6. The van der Waals surface area contributed by atoms with Crippen LogP contribution in [0.1, 0.15) is 52.5 Å². The van der Waals surface area contributed by atoms with Crippen LogP contribution in [-0.4, -0.2) is 69.4 Å². The minimum absolute atomic E-state index is 0.0475. The van der Waals surface area contributed by atoms with E-state index in [1.54, 1.807) is 6.20 Å². The van der Waals surface area contributed by atoms with Gasteiger partial charge in [-0.05, 0) is 42.7 Å². The van der Waals surface area contributed by atoms with Gasteiger partial charge in [-0.25, -0.2) is 4.79 Å². The van der Waals surface area contributed by atoms with Crippen LogP contribution < -0.4 is 16.4 Å². The fourth-order valence-electron chi connectivity index (χ4n) is 4.74. The van der Waals surface area contributed by atoms with E-state index in [2.05, 4.69) is 15.6 Å². The van der Waals surface area contributed by atoms with Crippen molar-refractivity contribution in [3.05, 3.63) is 36.0 Å². The maximum absolute atomic E-state index is 13.4. The number of likely N-dealkylation sites (tertiary alicyclic amines) is 1. The number of nitrogens with zero attached hydrogens (tertiary/aromatic N) is 1. The number of amides is 3. The van der Waals surface area contributed by atoms with Crippen LogP contribution in [0.15, 0.2) is 30.5 Å². The van der Waals surface area contributed by atoms with Crippen molar-refractivity contribution in [3.8, 4) is 0 Å². The molecule has 202 valence electrons. The number of benzene rings is 1. The third-order valence-electron chi connectivity index (χ3n) is 6.90. The van der Waals surface area contributed by atoms with Crippen molar-refractivity contribution in [1.82, 2.24) is 20.5 Å². The quantitative estimate of drug-likeness (QED) is 0.308. The molecule has 4 unspecified atom stereocenters. The third-order valence-corrected chi connectivity index (χ3v) is 6.90. The number of nitrogens with two attached hydrogens (primary N) is 1. The summed E-state index contributed by atoms with van der Waals surface area (Å²) in [5, 5.41) is 16.0. The zero-order valence-corrected chi connectivity index (χ0v) is 22.0. The van der Waals surface area contributed by atoms with Gasteiger partial charge < -0.3 is 31.4 Å². The van der Waals surface area contributed by atoms with Gasteiger partial charge in [0, 0.05) is 30.1 Å². The second-order valence-corrected chi connectivity index (χ2v) is 10.6. The van der Waals surface area contributed by atoms with Crippen LogP contribution in [0, 0.1) is 11.8 Å². The molecule has 1 aromatic heterocycles. The van der Waals surface area contributed by atoms with E-state index in [1.165, 1.54) is 4.90 Å². The monoisotopic (exact) mass is 513 g/mol. The summed E-state index contributed by atoms with van der Waals surface area (Å²) in [4.78, 5) is 56.1. The highest BCUT2D eigenvalue weighted by Gasteiger charge is 2.38. The highest BCUT2D eigenvalue weighted by Crippen LogP contribution is 2.22. The largest absolute Gasteiger partial charge is 0.480 e. The molecular weight excluding hydrogens is 474 g/mol. The van der Waals surface area contributed by atoms with Gasteiger partial charge >= 0.3 is 5.97 Å². The average molecular weight is 514 g/mol. The first-order valence-electron chi connectivity index (χ1n) is 12.9. The molecule has 3 rings (SSSR count). The van der Waals surface area contributed by atoms with Gasteiger partial charge in [0.15, 0.2) is 0 Å². The van der Waals surface area contributed by atoms with Gasteiger partial charge in [-0.15, -0.1) is 0 Å². The smallest absolute Gasteiger partial charge is 0.326 e. The maximum Gasteiger partial charge on any atom is 0.326 e. The van der Waals surface area contributed by atoms with E-state index in [-0.39, 0.29) is 30.6 Å². The number of nitrogens with one attached hydrogen (secondary N) is 3. The van der Waals surface area contributed by atoms with E-state index < -0.39 is 42.0 Å². The molecule has 1 aliphatic rings. The number of para-hydroxylation sites is 1. The Morgan fingerprint density at radius 1 is 1.11 bits per heavy atom. The highest BCUT2D eigenvalue weighted by molar-refractivity contribution is 5.95. The van der Waals surface area contributed by atoms with Crippen LogP contribution >= 0.6 is 0 Å². The fraction of sp³-hybridized carbons (Fsp3) is 0.556. The molecule has 10 nitrogen and oxygen atoms in total. The number of carboxylic acid groups (broad SMARTS) is 1. The lowest BCUT2D eigenvalue weighted by Gasteiger charge is -2.29. The highest BCUT2D eigenvalue weighted by atomic mass is 16.4. The van der Waals surface area contributed by atoms with Crippen LogP contribution in [0.5, 0.6) is 0 Å². The number of carbonyl (C=O) groups is 4. The molecule has 0 aliphatic carbocycles. The number of hydrogen-bond acceptors (Lipinski definition) is 5. The molecule has 1 saturated heterocycles. The number of fused-ring (bicyclic) bond motifs is 1. The lowest BCUT2D eigenvalue weighted by atomic mass is 10.0. The minimum Gasteiger partial charge on any atom is -0.480 e. The Bertz CT molecular complexity index is 1130. The van der Waals surface area contributed by atoms with E-state index in [1.807, 2.05) is 52.0 Å². The standard InChI is InChI=1S/C27H39N5O5/c1-15(2)12-21(27(36)37)31-24(33)20(13-17-14-29-19-9-6-5-8-18(17)19)30-25(34)22-10-7-11-32(22)26(35)23(28)16(3)4/h5-6,8-9,14-16,20-23,29H,7,10-13,28H2,1-4H3,(H,30,34)(H,31,33)(H,36,37). The van der Waals surface area contributed by atoms with Crippen molar-refractivity contribution in [2.24, 2.45) is 17.6 Å². The van der Waals surface area contributed by atoms with Gasteiger partial charge in [0.1, 0.15) is 18.1 Å². The van der Waals surface area contributed by atoms with E-state index >= 15 is 0 Å². The number of rotatable bonds is 11. The summed E-state index contributed by atoms with van der Waals surface area (Å²) in [5.41, 5.74) is 7.77. The Labute approximate surface area is 217 Å². The number of H-pyrrole nitrogens is 1. The normalized spacial score (nSPS) is 18.1. The number of carboxylic acids is 1. The molecule has 2 heterocycles. The Kier molecular flexibility index (Phi) is 9.31. The summed E-state index contributed by atoms with van der Waals surface area (Å²) >= 11 is 0. The number of aromatic amines is 1. The molecule has 10 heteroatoms. The molecule has 2 aromatic rings. The molecule has 37 heavy (non-hydrogen) atoms. The molecule has 3 amide bonds. The first-order valence-corrected chi connectivity index (χ1v) is 12.9. The van der Waals surface area contributed by atoms with Gasteiger partial charge in [-0.1, -0.05) is 45.9 Å². The summed E-state index contributed by atoms with van der Waals surface area (Å²) in [6.07, 6.45) is 3.32. The average Bonchev–Trinajstić information content (AvgIpc) is 3.49. The lowest BCUT2D eigenvalue weighted by molar-refractivity contribution is -0.143. The summed E-state index contributed by atoms with van der Waals surface area (Å²) in [7, 11) is 0. The predicted molar refractivity (Wildman–Crippen MR) is 141 cm³/mol. The number of hydrogen-bond donors (Lipinski definition) is 5. The van der Waals surface area contributed by atoms with Gasteiger partial charge in [-0.2, -0.15) is 0 Å². The van der Waals surface area contributed by atoms with E-state index in [9.17, 15) is 24.3 Å². The van der Waals surface area contributed by atoms with Gasteiger partial charge in [0.2, 0.25) is 17.7 Å². The van der Waals surface area contributed by atoms with E-state index in [0.717, 1.165) is 16.5 Å². The molecule has 0 spiro atoms. The van der Waals surface area contributed by atoms with Crippen molar-refractivity contribution in [1.29, 1.82) is 0 Å². The number of aromatic nitrogens is 1. The van der Waals surface area contributed by atoms with Crippen molar-refractivity contribution < 1.29 is 24.3 Å². The molecular formula is C27H39N5O5. The van der Waals surface area contributed by atoms with Crippen molar-refractivity contribution in [2.45, 2.75) is 77.5 Å². The summed E-state index contributed by atoms with van der Waals surface area (Å²) in [6.45, 7) is 7.88. The summed E-state index contributed by atoms with van der Waals surface area (Å²) < 4.78 is 0. The Morgan fingerprint density at radius 3 is 2.46 bits per heavy atom. The fourth-order valence-corrected chi connectivity index (χ4v) is 4.74. The van der Waals surface area contributed by atoms with Crippen LogP contribution in [0.2, 0.25) is 0 Å². The molecule has 0 bridgehead atoms. The van der Waals surface area contributed by atoms with Crippen molar-refractivity contribution >= 4 is 34.6 Å². The Morgan fingerprint density at radius 2 is 1.81 bits per heavy atom. The molecule has 1 aromatic carbocycles. The zero-order chi connectivity index (χ0) is 27.3. The molecule has 0 radical (unpaired) electrons. The SMILES string of the molecule is CC(C)CC(NC(=O)C(Cc1c[nH]c2ccccc12)NC(=O)C1CCCN1C(=O)C(N)C(C)C)C(=O)O. The first-order chi connectivity index (χ1) is 17.5. The second kappa shape index (κ2) is 12.2. The maximum atomic E-state index is 13.4. The predicted octanol–water partition coefficient (Wildman–Crippen LogP) is 1.79. The lowest BCUT2D eigenvalue weighted by Crippen LogP contribution is -2.57. The summed E-state index contributed by atoms with van der Waals surface area (Å²) in [6, 6.07) is 4.05. The molecule has 1 aliphatic heterocycles. The van der Waals surface area contributed by atoms with E-state index in [4.69, 9.17) is 5.73 Å². The van der Waals surface area contributed by atoms with Gasteiger partial charge in [0.25, 0.3) is 0 Å². The topological polar surface area (TPSA) is 158 Å². The first kappa shape index (κ1) is 28.2. The van der Waals surface area contributed by atoms with Gasteiger partial charge in [0.05, 0.1) is 6.04 Å². The molecule has 6 N–H and O–H groups in total. The molecule has 4 atom stereocenters. The van der Waals surface area contributed by atoms with Gasteiger partial charge in [-0.3, -0.25) is 14.4 Å². The van der Waals surface area contributed by atoms with Crippen LogP contribution in [0.25, 0.3) is 10.9 Å². The molecule has 0 saturated carbocycles. The number of aliphatic carboxylic acids is 1. The van der Waals surface area contributed by atoms with Crippen LogP contribution in [-0.2, 0) is 25.6 Å². The molecule has 1 fully saturated rings. The third kappa shape index (κ3) is 6.88. The zero-order valence-electron chi connectivity index (χ0n) is 22.0. The van der Waals surface area contributed by atoms with Crippen LogP contribution in [0.4, 0.5) is 0 Å². The Balaban J connectivity index is 1.84. The Hall–Kier alpha value is -3.40. The van der Waals surface area contributed by atoms with Crippen molar-refractivity contribution in [2.75, 3.05) is 6.54 Å².